The van der Waals surface area contributed by atoms with Crippen molar-refractivity contribution in [3.8, 4) is 0 Å². The smallest absolute Gasteiger partial charge is 0.313 e. The molecule has 23 heavy (non-hydrogen) atoms. The van der Waals surface area contributed by atoms with Gasteiger partial charge in [-0.1, -0.05) is 31.9 Å². The number of benzene rings is 1. The molecule has 1 aromatic carbocycles. The summed E-state index contributed by atoms with van der Waals surface area (Å²) in [5.41, 5.74) is 1.01. The Morgan fingerprint density at radius 3 is 2.39 bits per heavy atom. The van der Waals surface area contributed by atoms with Gasteiger partial charge in [-0.2, -0.15) is 0 Å². The highest BCUT2D eigenvalue weighted by Crippen LogP contribution is 2.30. The summed E-state index contributed by atoms with van der Waals surface area (Å²) in [6, 6.07) is 7.57. The highest BCUT2D eigenvalue weighted by molar-refractivity contribution is 6.39. The molecule has 5 nitrogen and oxygen atoms in total. The van der Waals surface area contributed by atoms with Crippen LogP contribution in [0.1, 0.15) is 51.0 Å². The van der Waals surface area contributed by atoms with Crippen molar-refractivity contribution in [2.45, 2.75) is 57.5 Å². The molecule has 0 radical (unpaired) electrons. The van der Waals surface area contributed by atoms with Gasteiger partial charge < -0.3 is 15.7 Å². The maximum atomic E-state index is 11.8. The van der Waals surface area contributed by atoms with Crippen LogP contribution in [0.15, 0.2) is 24.3 Å². The average Bonchev–Trinajstić information content (AvgIpc) is 2.52. The number of aryl methyl sites for hydroxylation is 1. The second-order valence-electron chi connectivity index (χ2n) is 6.37. The predicted octanol–water partition coefficient (Wildman–Crippen LogP) is 2.39. The van der Waals surface area contributed by atoms with E-state index in [2.05, 4.69) is 17.6 Å². The van der Waals surface area contributed by atoms with E-state index in [1.54, 1.807) is 0 Å². The fourth-order valence-electron chi connectivity index (χ4n) is 2.61. The van der Waals surface area contributed by atoms with Crippen LogP contribution >= 0.6 is 0 Å². The van der Waals surface area contributed by atoms with Gasteiger partial charge in [-0.05, 0) is 49.8 Å². The van der Waals surface area contributed by atoms with Crippen molar-refractivity contribution < 1.29 is 14.7 Å². The van der Waals surface area contributed by atoms with Gasteiger partial charge in [0, 0.05) is 12.2 Å². The summed E-state index contributed by atoms with van der Waals surface area (Å²) in [6.45, 7) is 2.31. The molecule has 1 fully saturated rings. The van der Waals surface area contributed by atoms with E-state index in [1.807, 2.05) is 24.3 Å². The van der Waals surface area contributed by atoms with Crippen molar-refractivity contribution >= 4 is 17.5 Å². The second-order valence-corrected chi connectivity index (χ2v) is 6.37. The third-order valence-electron chi connectivity index (χ3n) is 4.35. The van der Waals surface area contributed by atoms with Crippen molar-refractivity contribution in [1.82, 2.24) is 5.32 Å². The number of aliphatic hydroxyl groups is 1. The van der Waals surface area contributed by atoms with Crippen molar-refractivity contribution in [1.29, 1.82) is 0 Å². The van der Waals surface area contributed by atoms with E-state index in [0.717, 1.165) is 19.3 Å². The lowest BCUT2D eigenvalue weighted by Crippen LogP contribution is -2.49. The molecular formula is C18H26N2O3. The molecule has 0 aliphatic heterocycles. The lowest BCUT2D eigenvalue weighted by atomic mass is 9.80. The van der Waals surface area contributed by atoms with Crippen molar-refractivity contribution in [3.63, 3.8) is 0 Å². The Morgan fingerprint density at radius 1 is 1.13 bits per heavy atom. The second kappa shape index (κ2) is 8.11. The first-order valence-corrected chi connectivity index (χ1v) is 8.43. The van der Waals surface area contributed by atoms with E-state index in [4.69, 9.17) is 0 Å². The number of hydrogen-bond donors (Lipinski definition) is 3. The third-order valence-corrected chi connectivity index (χ3v) is 4.35. The van der Waals surface area contributed by atoms with E-state index in [0.29, 0.717) is 18.5 Å². The molecular weight excluding hydrogens is 292 g/mol. The number of hydrogen-bond acceptors (Lipinski definition) is 3. The monoisotopic (exact) mass is 318 g/mol. The predicted molar refractivity (Wildman–Crippen MR) is 90.1 cm³/mol. The number of anilines is 1. The fourth-order valence-corrected chi connectivity index (χ4v) is 2.61. The Bertz CT molecular complexity index is 536. The molecule has 0 atom stereocenters. The molecule has 1 saturated carbocycles. The number of unbranched alkanes of at least 4 members (excludes halogenated alkanes) is 2. The Balaban J connectivity index is 1.76. The Hall–Kier alpha value is -1.88. The SMILES string of the molecule is CCCCCc1ccc(NC(=O)C(=O)NCC2(O)CCC2)cc1. The first kappa shape index (κ1) is 17.5. The lowest BCUT2D eigenvalue weighted by Gasteiger charge is -2.36. The molecule has 2 rings (SSSR count). The average molecular weight is 318 g/mol. The number of carbonyl (C=O) groups excluding carboxylic acids is 2. The molecule has 3 N–H and O–H groups in total. The largest absolute Gasteiger partial charge is 0.388 e. The van der Waals surface area contributed by atoms with Gasteiger partial charge in [-0.3, -0.25) is 9.59 Å². The van der Waals surface area contributed by atoms with Crippen molar-refractivity contribution in [2.75, 3.05) is 11.9 Å². The summed E-state index contributed by atoms with van der Waals surface area (Å²) in [7, 11) is 0. The zero-order chi connectivity index (χ0) is 16.7. The number of carbonyl (C=O) groups is 2. The number of rotatable bonds is 7. The first-order valence-electron chi connectivity index (χ1n) is 8.43. The molecule has 1 aliphatic rings. The molecule has 5 heteroatoms. The molecule has 126 valence electrons. The van der Waals surface area contributed by atoms with E-state index >= 15 is 0 Å². The first-order chi connectivity index (χ1) is 11.0. The molecule has 0 saturated heterocycles. The summed E-state index contributed by atoms with van der Waals surface area (Å²) >= 11 is 0. The van der Waals surface area contributed by atoms with Crippen LogP contribution in [0.2, 0.25) is 0 Å². The molecule has 0 spiro atoms. The van der Waals surface area contributed by atoms with Crippen molar-refractivity contribution in [2.24, 2.45) is 0 Å². The van der Waals surface area contributed by atoms with Gasteiger partial charge in [0.2, 0.25) is 0 Å². The minimum atomic E-state index is -0.823. The maximum Gasteiger partial charge on any atom is 0.313 e. The topological polar surface area (TPSA) is 78.4 Å². The zero-order valence-corrected chi connectivity index (χ0v) is 13.7. The summed E-state index contributed by atoms with van der Waals surface area (Å²) < 4.78 is 0. The Kier molecular flexibility index (Phi) is 6.16. The van der Waals surface area contributed by atoms with Gasteiger partial charge in [-0.25, -0.2) is 0 Å². The maximum absolute atomic E-state index is 11.8. The van der Waals surface area contributed by atoms with Crippen molar-refractivity contribution in [3.05, 3.63) is 29.8 Å². The summed E-state index contributed by atoms with van der Waals surface area (Å²) in [4.78, 5) is 23.6. The third kappa shape index (κ3) is 5.36. The van der Waals surface area contributed by atoms with Gasteiger partial charge in [0.15, 0.2) is 0 Å². The standard InChI is InChI=1S/C18H26N2O3/c1-2-3-4-6-14-7-9-15(10-8-14)20-17(22)16(21)19-13-18(23)11-5-12-18/h7-10,23H,2-6,11-13H2,1H3,(H,19,21)(H,20,22). The van der Waals surface area contributed by atoms with Crippen LogP contribution in [0.3, 0.4) is 0 Å². The van der Waals surface area contributed by atoms with Gasteiger partial charge in [0.1, 0.15) is 0 Å². The molecule has 0 bridgehead atoms. The van der Waals surface area contributed by atoms with Gasteiger partial charge in [0.25, 0.3) is 0 Å². The van der Waals surface area contributed by atoms with Crippen LogP contribution in [0, 0.1) is 0 Å². The lowest BCUT2D eigenvalue weighted by molar-refractivity contribution is -0.137. The van der Waals surface area contributed by atoms with E-state index in [1.165, 1.54) is 18.4 Å². The molecule has 0 heterocycles. The minimum Gasteiger partial charge on any atom is -0.388 e. The quantitative estimate of drug-likeness (QED) is 0.533. The minimum absolute atomic E-state index is 0.135. The highest BCUT2D eigenvalue weighted by Gasteiger charge is 2.35. The van der Waals surface area contributed by atoms with Gasteiger partial charge in [0.05, 0.1) is 5.60 Å². The summed E-state index contributed by atoms with van der Waals surface area (Å²) in [5.74, 6) is -1.41. The van der Waals surface area contributed by atoms with Crippen LogP contribution < -0.4 is 10.6 Å². The van der Waals surface area contributed by atoms with Crippen LogP contribution in [-0.4, -0.2) is 29.1 Å². The van der Waals surface area contributed by atoms with Crippen LogP contribution in [0.25, 0.3) is 0 Å². The number of amides is 2. The van der Waals surface area contributed by atoms with Crippen LogP contribution in [0.4, 0.5) is 5.69 Å². The molecule has 0 aromatic heterocycles. The van der Waals surface area contributed by atoms with Crippen LogP contribution in [0.5, 0.6) is 0 Å². The van der Waals surface area contributed by atoms with Gasteiger partial charge in [-0.15, -0.1) is 0 Å². The zero-order valence-electron chi connectivity index (χ0n) is 13.7. The normalized spacial score (nSPS) is 15.6. The summed E-state index contributed by atoms with van der Waals surface area (Å²) in [5, 5.41) is 15.0. The van der Waals surface area contributed by atoms with Gasteiger partial charge >= 0.3 is 11.8 Å². The highest BCUT2D eigenvalue weighted by atomic mass is 16.3. The fraction of sp³-hybridized carbons (Fsp3) is 0.556. The van der Waals surface area contributed by atoms with E-state index in [9.17, 15) is 14.7 Å². The van der Waals surface area contributed by atoms with E-state index in [-0.39, 0.29) is 6.54 Å². The molecule has 1 aliphatic carbocycles. The molecule has 1 aromatic rings. The molecule has 0 unspecified atom stereocenters. The number of nitrogens with one attached hydrogen (secondary N) is 2. The summed E-state index contributed by atoms with van der Waals surface area (Å²) in [6.07, 6.45) is 6.91. The Morgan fingerprint density at radius 2 is 1.83 bits per heavy atom. The van der Waals surface area contributed by atoms with Crippen LogP contribution in [-0.2, 0) is 16.0 Å². The van der Waals surface area contributed by atoms with E-state index < -0.39 is 17.4 Å². The molecule has 2 amide bonds. The Labute approximate surface area is 137 Å².